The summed E-state index contributed by atoms with van der Waals surface area (Å²) in [5.41, 5.74) is 7.56. The van der Waals surface area contributed by atoms with Crippen LogP contribution in [0.1, 0.15) is 47.5 Å². The third-order valence-corrected chi connectivity index (χ3v) is 6.98. The van der Waals surface area contributed by atoms with E-state index in [1.54, 1.807) is 12.1 Å². The van der Waals surface area contributed by atoms with E-state index in [9.17, 15) is 26.7 Å². The molecule has 0 fully saturated rings. The Morgan fingerprint density at radius 2 is 1.78 bits per heavy atom. The number of halogens is 5. The lowest BCUT2D eigenvalue weighted by Gasteiger charge is -2.30. The van der Waals surface area contributed by atoms with Crippen LogP contribution in [0, 0.1) is 11.6 Å². The van der Waals surface area contributed by atoms with Crippen LogP contribution in [-0.2, 0) is 24.1 Å². The zero-order chi connectivity index (χ0) is 26.3. The van der Waals surface area contributed by atoms with Crippen molar-refractivity contribution in [3.8, 4) is 5.75 Å². The molecular weight excluding hydrogens is 497 g/mol. The Kier molecular flexibility index (Phi) is 6.61. The third-order valence-electron chi connectivity index (χ3n) is 6.98. The highest BCUT2D eigenvalue weighted by Gasteiger charge is 2.41. The monoisotopic (exact) mass is 521 g/mol. The summed E-state index contributed by atoms with van der Waals surface area (Å²) in [5.74, 6) is -3.42. The number of amides is 1. The normalized spacial score (nSPS) is 19.9. The van der Waals surface area contributed by atoms with Crippen molar-refractivity contribution >= 4 is 5.91 Å². The van der Waals surface area contributed by atoms with Gasteiger partial charge in [0.2, 0.25) is 11.7 Å². The van der Waals surface area contributed by atoms with Gasteiger partial charge in [-0.2, -0.15) is 13.2 Å². The summed E-state index contributed by atoms with van der Waals surface area (Å²) in [6.45, 7) is 0.0634. The van der Waals surface area contributed by atoms with Crippen LogP contribution in [-0.4, -0.2) is 44.8 Å². The number of nitrogens with zero attached hydrogens (tertiary/aromatic N) is 4. The molecule has 0 saturated carbocycles. The smallest absolute Gasteiger partial charge is 0.451 e. The molecule has 5 rings (SSSR count). The molecule has 0 saturated heterocycles. The Morgan fingerprint density at radius 3 is 2.49 bits per heavy atom. The van der Waals surface area contributed by atoms with E-state index in [4.69, 9.17) is 10.5 Å². The molecule has 12 heteroatoms. The summed E-state index contributed by atoms with van der Waals surface area (Å²) < 4.78 is 74.3. The van der Waals surface area contributed by atoms with E-state index < -0.39 is 35.6 Å². The minimum atomic E-state index is -4.63. The zero-order valence-electron chi connectivity index (χ0n) is 19.6. The first kappa shape index (κ1) is 25.1. The maximum absolute atomic E-state index is 14.2. The maximum atomic E-state index is 14.2. The number of alkyl halides is 3. The fourth-order valence-corrected chi connectivity index (χ4v) is 5.14. The van der Waals surface area contributed by atoms with Gasteiger partial charge in [-0.3, -0.25) is 4.79 Å². The highest BCUT2D eigenvalue weighted by Crippen LogP contribution is 2.45. The van der Waals surface area contributed by atoms with Gasteiger partial charge in [-0.1, -0.05) is 18.2 Å². The number of aromatic nitrogens is 3. The van der Waals surface area contributed by atoms with Crippen molar-refractivity contribution in [2.75, 3.05) is 13.2 Å². The summed E-state index contributed by atoms with van der Waals surface area (Å²) >= 11 is 0. The van der Waals surface area contributed by atoms with E-state index in [1.807, 2.05) is 18.2 Å². The summed E-state index contributed by atoms with van der Waals surface area (Å²) in [6.07, 6.45) is -4.32. The van der Waals surface area contributed by atoms with Crippen LogP contribution in [0.15, 0.2) is 42.5 Å². The lowest BCUT2D eigenvalue weighted by molar-refractivity contribution is -0.148. The second-order valence-electron chi connectivity index (χ2n) is 9.33. The molecule has 2 aromatic carbocycles. The average Bonchev–Trinajstić information content (AvgIpc) is 3.45. The van der Waals surface area contributed by atoms with Crippen LogP contribution in [0.3, 0.4) is 0 Å². The SMILES string of the molecule is NC(CC(=O)N1CCn2c(nnc2C(F)(F)F)C1)C1CC(COc2ccccc2)c2cc(F)c(F)cc21. The van der Waals surface area contributed by atoms with Crippen LogP contribution in [0.25, 0.3) is 0 Å². The van der Waals surface area contributed by atoms with Gasteiger partial charge in [0.25, 0.3) is 0 Å². The number of hydrogen-bond acceptors (Lipinski definition) is 5. The van der Waals surface area contributed by atoms with Crippen molar-refractivity contribution in [3.05, 3.63) is 76.9 Å². The largest absolute Gasteiger partial charge is 0.493 e. The minimum Gasteiger partial charge on any atom is -0.493 e. The van der Waals surface area contributed by atoms with E-state index in [-0.39, 0.29) is 50.3 Å². The number of carbonyl (C=O) groups is 1. The quantitative estimate of drug-likeness (QED) is 0.496. The number of ether oxygens (including phenoxy) is 1. The molecule has 0 bridgehead atoms. The first-order valence-electron chi connectivity index (χ1n) is 11.8. The van der Waals surface area contributed by atoms with Gasteiger partial charge >= 0.3 is 6.18 Å². The van der Waals surface area contributed by atoms with E-state index >= 15 is 0 Å². The van der Waals surface area contributed by atoms with Crippen LogP contribution < -0.4 is 10.5 Å². The molecule has 3 unspecified atom stereocenters. The number of carbonyl (C=O) groups excluding carboxylic acids is 1. The topological polar surface area (TPSA) is 86.3 Å². The summed E-state index contributed by atoms with van der Waals surface area (Å²) in [7, 11) is 0. The highest BCUT2D eigenvalue weighted by atomic mass is 19.4. The first-order chi connectivity index (χ1) is 17.6. The summed E-state index contributed by atoms with van der Waals surface area (Å²) in [4.78, 5) is 14.4. The van der Waals surface area contributed by atoms with Crippen LogP contribution in [0.4, 0.5) is 22.0 Å². The van der Waals surface area contributed by atoms with E-state index in [0.717, 1.165) is 16.7 Å². The molecule has 2 N–H and O–H groups in total. The van der Waals surface area contributed by atoms with Gasteiger partial charge < -0.3 is 19.9 Å². The van der Waals surface area contributed by atoms with Crippen LogP contribution >= 0.6 is 0 Å². The number of para-hydroxylation sites is 1. The lowest BCUT2D eigenvalue weighted by Crippen LogP contribution is -2.42. The maximum Gasteiger partial charge on any atom is 0.451 e. The standard InChI is InChI=1S/C25H24F5N5O2/c26-19-9-16-14(13-37-15-4-2-1-3-5-15)8-18(17(16)10-20(19)27)21(31)11-23(36)34-6-7-35-22(12-34)32-33-24(35)25(28,29)30/h1-5,9-10,14,18,21H,6-8,11-13,31H2. The van der Waals surface area contributed by atoms with E-state index in [0.29, 0.717) is 23.3 Å². The minimum absolute atomic E-state index is 0.0439. The number of fused-ring (bicyclic) bond motifs is 2. The van der Waals surface area contributed by atoms with Crippen molar-refractivity contribution in [2.24, 2.45) is 5.73 Å². The molecule has 1 aliphatic heterocycles. The van der Waals surface area contributed by atoms with Gasteiger partial charge in [0.05, 0.1) is 13.2 Å². The average molecular weight is 521 g/mol. The Hall–Kier alpha value is -3.54. The molecule has 0 spiro atoms. The van der Waals surface area contributed by atoms with Gasteiger partial charge in [-0.25, -0.2) is 8.78 Å². The molecule has 37 heavy (non-hydrogen) atoms. The van der Waals surface area contributed by atoms with Gasteiger partial charge in [0, 0.05) is 37.4 Å². The Bertz CT molecular complexity index is 1300. The molecule has 1 aliphatic carbocycles. The van der Waals surface area contributed by atoms with Gasteiger partial charge in [-0.05, 0) is 41.8 Å². The number of nitrogens with two attached hydrogens (primary N) is 1. The molecule has 2 heterocycles. The van der Waals surface area contributed by atoms with E-state index in [1.165, 1.54) is 4.90 Å². The van der Waals surface area contributed by atoms with Crippen molar-refractivity contribution in [2.45, 2.75) is 50.0 Å². The van der Waals surface area contributed by atoms with Gasteiger partial charge in [0.15, 0.2) is 17.5 Å². The molecule has 196 valence electrons. The molecule has 3 atom stereocenters. The molecule has 0 radical (unpaired) electrons. The molecule has 7 nitrogen and oxygen atoms in total. The second-order valence-corrected chi connectivity index (χ2v) is 9.33. The number of rotatable bonds is 6. The fraction of sp³-hybridized carbons (Fsp3) is 0.400. The Morgan fingerprint density at radius 1 is 1.08 bits per heavy atom. The first-order valence-corrected chi connectivity index (χ1v) is 11.8. The summed E-state index contributed by atoms with van der Waals surface area (Å²) in [5, 5.41) is 6.81. The van der Waals surface area contributed by atoms with Crippen LogP contribution in [0.5, 0.6) is 5.75 Å². The number of hydrogen-bond donors (Lipinski definition) is 1. The highest BCUT2D eigenvalue weighted by molar-refractivity contribution is 5.77. The third kappa shape index (κ3) is 5.02. The number of benzene rings is 2. The molecule has 1 aromatic heterocycles. The van der Waals surface area contributed by atoms with Crippen molar-refractivity contribution in [3.63, 3.8) is 0 Å². The van der Waals surface area contributed by atoms with Crippen molar-refractivity contribution < 1.29 is 31.5 Å². The van der Waals surface area contributed by atoms with Gasteiger partial charge in [-0.15, -0.1) is 10.2 Å². The second kappa shape index (κ2) is 9.73. The molecular formula is C25H24F5N5O2. The predicted octanol–water partition coefficient (Wildman–Crippen LogP) is 3.98. The Labute approximate surface area is 209 Å². The predicted molar refractivity (Wildman–Crippen MR) is 121 cm³/mol. The van der Waals surface area contributed by atoms with Crippen LogP contribution in [0.2, 0.25) is 0 Å². The fourth-order valence-electron chi connectivity index (χ4n) is 5.14. The molecule has 2 aliphatic rings. The summed E-state index contributed by atoms with van der Waals surface area (Å²) in [6, 6.07) is 10.7. The molecule has 1 amide bonds. The lowest BCUT2D eigenvalue weighted by atomic mass is 9.90. The van der Waals surface area contributed by atoms with E-state index in [2.05, 4.69) is 10.2 Å². The van der Waals surface area contributed by atoms with Crippen molar-refractivity contribution in [1.82, 2.24) is 19.7 Å². The van der Waals surface area contributed by atoms with Crippen molar-refractivity contribution in [1.29, 1.82) is 0 Å². The Balaban J connectivity index is 1.28. The zero-order valence-corrected chi connectivity index (χ0v) is 19.6. The van der Waals surface area contributed by atoms with Gasteiger partial charge in [0.1, 0.15) is 5.75 Å². The molecule has 3 aromatic rings.